The van der Waals surface area contributed by atoms with Crippen LogP contribution < -0.4 is 0 Å². The lowest BCUT2D eigenvalue weighted by atomic mass is 10.2. The van der Waals surface area contributed by atoms with Gasteiger partial charge in [-0.1, -0.05) is 0 Å². The van der Waals surface area contributed by atoms with Crippen LogP contribution in [0.2, 0.25) is 0 Å². The number of aromatic nitrogens is 2. The molecule has 0 aliphatic carbocycles. The fraction of sp³-hybridized carbons (Fsp3) is 0.750. The second kappa shape index (κ2) is 6.01. The highest BCUT2D eigenvalue weighted by Crippen LogP contribution is 2.13. The maximum Gasteiger partial charge on any atom is 0.157 e. The van der Waals surface area contributed by atoms with Gasteiger partial charge in [0.15, 0.2) is 6.29 Å². The van der Waals surface area contributed by atoms with Gasteiger partial charge in [-0.3, -0.25) is 4.68 Å². The molecule has 1 fully saturated rings. The van der Waals surface area contributed by atoms with Crippen LogP contribution >= 0.6 is 0 Å². The van der Waals surface area contributed by atoms with Crippen LogP contribution in [0.3, 0.4) is 0 Å². The van der Waals surface area contributed by atoms with Crippen molar-refractivity contribution in [2.45, 2.75) is 45.4 Å². The summed E-state index contributed by atoms with van der Waals surface area (Å²) >= 11 is 0. The first-order valence-corrected chi connectivity index (χ1v) is 6.08. The molecule has 2 heterocycles. The maximum atomic E-state index is 5.65. The van der Waals surface area contributed by atoms with E-state index in [1.54, 1.807) is 0 Å². The third kappa shape index (κ3) is 3.61. The standard InChI is InChI=1S/C12H20N2O2/c1-11-6-8-14(13-11)7-4-10-16-12-5-2-3-9-15-12/h6,8,12H,2-5,7,9-10H2,1H3. The van der Waals surface area contributed by atoms with Crippen molar-refractivity contribution in [3.63, 3.8) is 0 Å². The normalized spacial score (nSPS) is 21.2. The predicted octanol–water partition coefficient (Wildman–Crippen LogP) is 2.12. The average Bonchev–Trinajstić information content (AvgIpc) is 2.72. The zero-order valence-electron chi connectivity index (χ0n) is 9.89. The first kappa shape index (κ1) is 11.6. The Morgan fingerprint density at radius 1 is 1.56 bits per heavy atom. The summed E-state index contributed by atoms with van der Waals surface area (Å²) in [5.74, 6) is 0. The number of nitrogens with zero attached hydrogens (tertiary/aromatic N) is 2. The third-order valence-electron chi connectivity index (χ3n) is 2.75. The molecule has 0 aromatic carbocycles. The Kier molecular flexibility index (Phi) is 4.36. The molecule has 16 heavy (non-hydrogen) atoms. The monoisotopic (exact) mass is 224 g/mol. The molecule has 1 aromatic rings. The summed E-state index contributed by atoms with van der Waals surface area (Å²) < 4.78 is 13.1. The molecule has 1 atom stereocenters. The van der Waals surface area contributed by atoms with Crippen molar-refractivity contribution in [1.29, 1.82) is 0 Å². The molecule has 1 aliphatic rings. The minimum absolute atomic E-state index is 0.0353. The Hall–Kier alpha value is -0.870. The van der Waals surface area contributed by atoms with Gasteiger partial charge >= 0.3 is 0 Å². The zero-order chi connectivity index (χ0) is 11.2. The molecule has 1 unspecified atom stereocenters. The molecule has 2 rings (SSSR count). The van der Waals surface area contributed by atoms with Crippen LogP contribution in [0.1, 0.15) is 31.4 Å². The van der Waals surface area contributed by atoms with Crippen LogP contribution in [0.25, 0.3) is 0 Å². The van der Waals surface area contributed by atoms with Crippen LogP contribution in [0.15, 0.2) is 12.3 Å². The summed E-state index contributed by atoms with van der Waals surface area (Å²) in [6, 6.07) is 2.02. The van der Waals surface area contributed by atoms with Crippen molar-refractivity contribution in [3.8, 4) is 0 Å². The van der Waals surface area contributed by atoms with Crippen molar-refractivity contribution >= 4 is 0 Å². The van der Waals surface area contributed by atoms with Gasteiger partial charge in [-0.2, -0.15) is 5.10 Å². The Labute approximate surface area is 96.5 Å². The fourth-order valence-corrected chi connectivity index (χ4v) is 1.87. The predicted molar refractivity (Wildman–Crippen MR) is 61.1 cm³/mol. The molecule has 0 saturated carbocycles. The van der Waals surface area contributed by atoms with Gasteiger partial charge in [0.25, 0.3) is 0 Å². The lowest BCUT2D eigenvalue weighted by Gasteiger charge is -2.22. The van der Waals surface area contributed by atoms with Gasteiger partial charge in [0.1, 0.15) is 0 Å². The molecule has 0 spiro atoms. The zero-order valence-corrected chi connectivity index (χ0v) is 9.89. The van der Waals surface area contributed by atoms with Crippen molar-refractivity contribution in [2.24, 2.45) is 0 Å². The van der Waals surface area contributed by atoms with Gasteiger partial charge in [0.2, 0.25) is 0 Å². The molecule has 4 heteroatoms. The molecule has 1 aromatic heterocycles. The van der Waals surface area contributed by atoms with E-state index in [1.807, 2.05) is 23.9 Å². The van der Waals surface area contributed by atoms with Crippen LogP contribution in [-0.4, -0.2) is 29.3 Å². The van der Waals surface area contributed by atoms with Gasteiger partial charge < -0.3 is 9.47 Å². The third-order valence-corrected chi connectivity index (χ3v) is 2.75. The van der Waals surface area contributed by atoms with Crippen molar-refractivity contribution in [3.05, 3.63) is 18.0 Å². The van der Waals surface area contributed by atoms with E-state index in [4.69, 9.17) is 9.47 Å². The molecular weight excluding hydrogens is 204 g/mol. The summed E-state index contributed by atoms with van der Waals surface area (Å²) in [5.41, 5.74) is 1.07. The van der Waals surface area contributed by atoms with Crippen LogP contribution in [-0.2, 0) is 16.0 Å². The Balaban J connectivity index is 1.57. The topological polar surface area (TPSA) is 36.3 Å². The van der Waals surface area contributed by atoms with Gasteiger partial charge in [-0.15, -0.1) is 0 Å². The molecule has 0 radical (unpaired) electrons. The summed E-state index contributed by atoms with van der Waals surface area (Å²) in [6.07, 6.45) is 6.47. The Bertz CT molecular complexity index is 306. The first-order valence-electron chi connectivity index (χ1n) is 6.08. The number of rotatable bonds is 5. The number of aryl methyl sites for hydroxylation is 2. The largest absolute Gasteiger partial charge is 0.353 e. The second-order valence-corrected chi connectivity index (χ2v) is 4.24. The fourth-order valence-electron chi connectivity index (χ4n) is 1.87. The summed E-state index contributed by atoms with van der Waals surface area (Å²) in [5, 5.41) is 4.32. The van der Waals surface area contributed by atoms with E-state index in [9.17, 15) is 0 Å². The summed E-state index contributed by atoms with van der Waals surface area (Å²) in [6.45, 7) is 4.52. The Morgan fingerprint density at radius 3 is 3.19 bits per heavy atom. The first-order chi connectivity index (χ1) is 7.84. The van der Waals surface area contributed by atoms with E-state index in [2.05, 4.69) is 5.10 Å². The minimum Gasteiger partial charge on any atom is -0.353 e. The highest BCUT2D eigenvalue weighted by atomic mass is 16.7. The highest BCUT2D eigenvalue weighted by molar-refractivity contribution is 4.94. The van der Waals surface area contributed by atoms with E-state index >= 15 is 0 Å². The molecule has 1 saturated heterocycles. The average molecular weight is 224 g/mol. The smallest absolute Gasteiger partial charge is 0.157 e. The SMILES string of the molecule is Cc1ccn(CCCOC2CCCCO2)n1. The molecule has 90 valence electrons. The van der Waals surface area contributed by atoms with Gasteiger partial charge in [-0.25, -0.2) is 0 Å². The summed E-state index contributed by atoms with van der Waals surface area (Å²) in [4.78, 5) is 0. The lowest BCUT2D eigenvalue weighted by Crippen LogP contribution is -2.23. The molecular formula is C12H20N2O2. The molecule has 4 nitrogen and oxygen atoms in total. The van der Waals surface area contributed by atoms with Crippen LogP contribution in [0.4, 0.5) is 0 Å². The van der Waals surface area contributed by atoms with E-state index in [-0.39, 0.29) is 6.29 Å². The molecule has 1 aliphatic heterocycles. The van der Waals surface area contributed by atoms with Crippen molar-refractivity contribution in [2.75, 3.05) is 13.2 Å². The van der Waals surface area contributed by atoms with Crippen molar-refractivity contribution < 1.29 is 9.47 Å². The van der Waals surface area contributed by atoms with E-state index < -0.39 is 0 Å². The Morgan fingerprint density at radius 2 is 2.50 bits per heavy atom. The number of hydrogen-bond acceptors (Lipinski definition) is 3. The van der Waals surface area contributed by atoms with Crippen LogP contribution in [0.5, 0.6) is 0 Å². The number of hydrogen-bond donors (Lipinski definition) is 0. The molecule has 0 amide bonds. The molecule has 0 bridgehead atoms. The second-order valence-electron chi connectivity index (χ2n) is 4.24. The van der Waals surface area contributed by atoms with Gasteiger partial charge in [0, 0.05) is 19.3 Å². The maximum absolute atomic E-state index is 5.65. The van der Waals surface area contributed by atoms with Crippen LogP contribution in [0, 0.1) is 6.92 Å². The quantitative estimate of drug-likeness (QED) is 0.719. The lowest BCUT2D eigenvalue weighted by molar-refractivity contribution is -0.163. The highest BCUT2D eigenvalue weighted by Gasteiger charge is 2.13. The van der Waals surface area contributed by atoms with E-state index in [1.165, 1.54) is 12.8 Å². The number of ether oxygens (including phenoxy) is 2. The minimum atomic E-state index is 0.0353. The van der Waals surface area contributed by atoms with Gasteiger partial charge in [-0.05, 0) is 38.7 Å². The molecule has 0 N–H and O–H groups in total. The van der Waals surface area contributed by atoms with Crippen molar-refractivity contribution in [1.82, 2.24) is 9.78 Å². The van der Waals surface area contributed by atoms with E-state index in [0.29, 0.717) is 0 Å². The summed E-state index contributed by atoms with van der Waals surface area (Å²) in [7, 11) is 0. The van der Waals surface area contributed by atoms with E-state index in [0.717, 1.165) is 38.3 Å². The van der Waals surface area contributed by atoms with Gasteiger partial charge in [0.05, 0.1) is 12.3 Å².